The van der Waals surface area contributed by atoms with E-state index in [2.05, 4.69) is 44.0 Å². The van der Waals surface area contributed by atoms with Crippen LogP contribution in [0.15, 0.2) is 30.0 Å². The van der Waals surface area contributed by atoms with Gasteiger partial charge in [0, 0.05) is 24.4 Å². The van der Waals surface area contributed by atoms with E-state index in [1.807, 2.05) is 6.20 Å². The second-order valence-corrected chi connectivity index (χ2v) is 6.22. The Balaban J connectivity index is 2.08. The van der Waals surface area contributed by atoms with E-state index in [0.29, 0.717) is 5.41 Å². The van der Waals surface area contributed by atoms with Crippen LogP contribution < -0.4 is 5.73 Å². The molecule has 0 saturated heterocycles. The summed E-state index contributed by atoms with van der Waals surface area (Å²) in [6.45, 7) is 6.75. The van der Waals surface area contributed by atoms with Crippen molar-refractivity contribution in [3.63, 3.8) is 0 Å². The molecule has 1 aliphatic carbocycles. The Kier molecular flexibility index (Phi) is 3.86. The van der Waals surface area contributed by atoms with Crippen molar-refractivity contribution in [2.24, 2.45) is 11.1 Å². The van der Waals surface area contributed by atoms with Gasteiger partial charge in [-0.15, -0.1) is 0 Å². The van der Waals surface area contributed by atoms with Gasteiger partial charge in [-0.3, -0.25) is 4.98 Å². The van der Waals surface area contributed by atoms with E-state index in [1.165, 1.54) is 11.1 Å². The number of allylic oxidation sites excluding steroid dienone is 1. The molecule has 98 valence electrons. The number of nitrogens with two attached hydrogens (primary N) is 1. The third kappa shape index (κ3) is 3.42. The number of pyridine rings is 1. The molecular weight excluding hydrogens is 220 g/mol. The molecule has 0 aromatic carbocycles. The molecule has 0 aliphatic heterocycles. The predicted octanol–water partition coefficient (Wildman–Crippen LogP) is 3.26. The maximum absolute atomic E-state index is 6.10. The number of hydrogen-bond donors (Lipinski definition) is 1. The Labute approximate surface area is 110 Å². The summed E-state index contributed by atoms with van der Waals surface area (Å²) in [5.74, 6) is 0. The SMILES string of the molecule is CCc1ccc(CC2=CC(N)CC(C)(C)C2)nc1. The van der Waals surface area contributed by atoms with Gasteiger partial charge in [0.25, 0.3) is 0 Å². The van der Waals surface area contributed by atoms with Crippen LogP contribution in [0.1, 0.15) is 44.9 Å². The normalized spacial score (nSPS) is 22.7. The van der Waals surface area contributed by atoms with Crippen LogP contribution in [0, 0.1) is 5.41 Å². The zero-order valence-corrected chi connectivity index (χ0v) is 11.7. The molecule has 0 spiro atoms. The minimum atomic E-state index is 0.207. The summed E-state index contributed by atoms with van der Waals surface area (Å²) in [6.07, 6.45) is 8.44. The van der Waals surface area contributed by atoms with Crippen molar-refractivity contribution in [1.82, 2.24) is 4.98 Å². The van der Waals surface area contributed by atoms with E-state index in [9.17, 15) is 0 Å². The van der Waals surface area contributed by atoms with Crippen LogP contribution in [0.3, 0.4) is 0 Å². The standard InChI is InChI=1S/C16H24N2/c1-4-12-5-6-15(18-11-12)8-13-7-14(17)10-16(2,3)9-13/h5-7,11,14H,4,8-10,17H2,1-3H3. The molecule has 1 atom stereocenters. The molecule has 1 aromatic rings. The quantitative estimate of drug-likeness (QED) is 0.829. The Hall–Kier alpha value is -1.15. The van der Waals surface area contributed by atoms with Crippen molar-refractivity contribution in [2.45, 2.75) is 52.5 Å². The summed E-state index contributed by atoms with van der Waals surface area (Å²) in [7, 11) is 0. The van der Waals surface area contributed by atoms with Gasteiger partial charge in [0.1, 0.15) is 0 Å². The summed E-state index contributed by atoms with van der Waals surface area (Å²) in [5.41, 5.74) is 10.3. The predicted molar refractivity (Wildman–Crippen MR) is 76.4 cm³/mol. The average molecular weight is 244 g/mol. The van der Waals surface area contributed by atoms with Gasteiger partial charge in [-0.2, -0.15) is 0 Å². The lowest BCUT2D eigenvalue weighted by atomic mass is 9.74. The van der Waals surface area contributed by atoms with Gasteiger partial charge < -0.3 is 5.73 Å². The molecule has 2 nitrogen and oxygen atoms in total. The molecule has 1 aliphatic rings. The first kappa shape index (κ1) is 13.3. The zero-order chi connectivity index (χ0) is 13.2. The van der Waals surface area contributed by atoms with E-state index >= 15 is 0 Å². The van der Waals surface area contributed by atoms with Gasteiger partial charge in [-0.25, -0.2) is 0 Å². The fourth-order valence-corrected chi connectivity index (χ4v) is 2.87. The summed E-state index contributed by atoms with van der Waals surface area (Å²) in [5, 5.41) is 0. The van der Waals surface area contributed by atoms with Crippen molar-refractivity contribution in [1.29, 1.82) is 0 Å². The van der Waals surface area contributed by atoms with Gasteiger partial charge in [0.15, 0.2) is 0 Å². The van der Waals surface area contributed by atoms with E-state index in [-0.39, 0.29) is 6.04 Å². The lowest BCUT2D eigenvalue weighted by molar-refractivity contribution is 0.299. The highest BCUT2D eigenvalue weighted by molar-refractivity contribution is 5.22. The molecule has 2 N–H and O–H groups in total. The van der Waals surface area contributed by atoms with Crippen LogP contribution in [0.5, 0.6) is 0 Å². The molecule has 0 amide bonds. The zero-order valence-electron chi connectivity index (χ0n) is 11.7. The number of hydrogen-bond acceptors (Lipinski definition) is 2. The molecular formula is C16H24N2. The molecule has 2 rings (SSSR count). The molecule has 1 unspecified atom stereocenters. The second-order valence-electron chi connectivity index (χ2n) is 6.22. The summed E-state index contributed by atoms with van der Waals surface area (Å²) in [6, 6.07) is 4.53. The van der Waals surface area contributed by atoms with Crippen molar-refractivity contribution in [3.05, 3.63) is 41.2 Å². The van der Waals surface area contributed by atoms with Crippen molar-refractivity contribution < 1.29 is 0 Å². The molecule has 0 bridgehead atoms. The Morgan fingerprint density at radius 3 is 2.72 bits per heavy atom. The highest BCUT2D eigenvalue weighted by Crippen LogP contribution is 2.35. The van der Waals surface area contributed by atoms with Crippen LogP contribution >= 0.6 is 0 Å². The highest BCUT2D eigenvalue weighted by atomic mass is 14.7. The molecule has 0 fully saturated rings. The minimum Gasteiger partial charge on any atom is -0.324 e. The maximum atomic E-state index is 6.10. The fourth-order valence-electron chi connectivity index (χ4n) is 2.87. The van der Waals surface area contributed by atoms with Crippen molar-refractivity contribution in [2.75, 3.05) is 0 Å². The Bertz CT molecular complexity index is 429. The highest BCUT2D eigenvalue weighted by Gasteiger charge is 2.26. The van der Waals surface area contributed by atoms with Crippen LogP contribution in [-0.4, -0.2) is 11.0 Å². The molecule has 1 aromatic heterocycles. The average Bonchev–Trinajstić information content (AvgIpc) is 2.27. The Morgan fingerprint density at radius 2 is 2.17 bits per heavy atom. The molecule has 0 saturated carbocycles. The van der Waals surface area contributed by atoms with E-state index in [1.54, 1.807) is 0 Å². The second kappa shape index (κ2) is 5.23. The largest absolute Gasteiger partial charge is 0.324 e. The first-order chi connectivity index (χ1) is 8.48. The lowest BCUT2D eigenvalue weighted by Gasteiger charge is -2.33. The van der Waals surface area contributed by atoms with Crippen LogP contribution in [0.2, 0.25) is 0 Å². The van der Waals surface area contributed by atoms with Gasteiger partial charge in [-0.1, -0.05) is 38.5 Å². The summed E-state index contributed by atoms with van der Waals surface area (Å²) < 4.78 is 0. The third-order valence-electron chi connectivity index (χ3n) is 3.65. The number of aryl methyl sites for hydroxylation is 1. The van der Waals surface area contributed by atoms with Crippen LogP contribution in [0.25, 0.3) is 0 Å². The van der Waals surface area contributed by atoms with Crippen molar-refractivity contribution >= 4 is 0 Å². The van der Waals surface area contributed by atoms with E-state index in [4.69, 9.17) is 5.73 Å². The number of rotatable bonds is 3. The summed E-state index contributed by atoms with van der Waals surface area (Å²) in [4.78, 5) is 4.53. The van der Waals surface area contributed by atoms with Gasteiger partial charge in [-0.05, 0) is 36.3 Å². The maximum Gasteiger partial charge on any atom is 0.0444 e. The molecule has 18 heavy (non-hydrogen) atoms. The van der Waals surface area contributed by atoms with Gasteiger partial charge >= 0.3 is 0 Å². The van der Waals surface area contributed by atoms with Crippen LogP contribution in [-0.2, 0) is 12.8 Å². The van der Waals surface area contributed by atoms with Crippen molar-refractivity contribution in [3.8, 4) is 0 Å². The fraction of sp³-hybridized carbons (Fsp3) is 0.562. The number of nitrogens with zero attached hydrogens (tertiary/aromatic N) is 1. The van der Waals surface area contributed by atoms with Crippen LogP contribution in [0.4, 0.5) is 0 Å². The Morgan fingerprint density at radius 1 is 1.39 bits per heavy atom. The minimum absolute atomic E-state index is 0.207. The van der Waals surface area contributed by atoms with E-state index < -0.39 is 0 Å². The monoisotopic (exact) mass is 244 g/mol. The molecule has 2 heteroatoms. The topological polar surface area (TPSA) is 38.9 Å². The smallest absolute Gasteiger partial charge is 0.0444 e. The van der Waals surface area contributed by atoms with Gasteiger partial charge in [0.05, 0.1) is 0 Å². The van der Waals surface area contributed by atoms with E-state index in [0.717, 1.165) is 31.4 Å². The molecule has 1 heterocycles. The third-order valence-corrected chi connectivity index (χ3v) is 3.65. The first-order valence-electron chi connectivity index (χ1n) is 6.87. The summed E-state index contributed by atoms with van der Waals surface area (Å²) >= 11 is 0. The number of aromatic nitrogens is 1. The first-order valence-corrected chi connectivity index (χ1v) is 6.87. The molecule has 0 radical (unpaired) electrons. The lowest BCUT2D eigenvalue weighted by Crippen LogP contribution is -2.31. The van der Waals surface area contributed by atoms with Gasteiger partial charge in [0.2, 0.25) is 0 Å².